The summed E-state index contributed by atoms with van der Waals surface area (Å²) in [6, 6.07) is 8.32. The molecule has 19 heavy (non-hydrogen) atoms. The van der Waals surface area contributed by atoms with Crippen LogP contribution in [-0.2, 0) is 18.8 Å². The molecule has 0 spiro atoms. The van der Waals surface area contributed by atoms with Crippen molar-refractivity contribution in [2.24, 2.45) is 0 Å². The second-order valence-electron chi connectivity index (χ2n) is 5.06. The number of carbonyl (C=O) groups is 1. The molecule has 1 rings (SSSR count). The second-order valence-corrected chi connectivity index (χ2v) is 11.6. The molecule has 0 radical (unpaired) electrons. The number of esters is 1. The number of carbonyl (C=O) groups excluding carboxylic acids is 1. The van der Waals surface area contributed by atoms with Gasteiger partial charge in [0.05, 0.1) is 0 Å². The predicted octanol–water partition coefficient (Wildman–Crippen LogP) is 2.16. The van der Waals surface area contributed by atoms with Crippen molar-refractivity contribution in [2.45, 2.75) is 31.8 Å². The molecule has 0 aliphatic heterocycles. The van der Waals surface area contributed by atoms with Gasteiger partial charge in [-0.2, -0.15) is 8.42 Å². The monoisotopic (exact) mass is 302 g/mol. The van der Waals surface area contributed by atoms with E-state index in [0.717, 1.165) is 0 Å². The van der Waals surface area contributed by atoms with Gasteiger partial charge in [-0.15, -0.1) is 0 Å². The van der Waals surface area contributed by atoms with Crippen molar-refractivity contribution in [2.75, 3.05) is 0 Å². The third-order valence-corrected chi connectivity index (χ3v) is 6.08. The van der Waals surface area contributed by atoms with Gasteiger partial charge in [-0.05, 0) is 38.7 Å². The summed E-state index contributed by atoms with van der Waals surface area (Å²) < 4.78 is 33.8. The fourth-order valence-corrected chi connectivity index (χ4v) is 4.88. The topological polar surface area (TPSA) is 69.7 Å². The van der Waals surface area contributed by atoms with Gasteiger partial charge in [-0.3, -0.25) is 4.79 Å². The van der Waals surface area contributed by atoms with Gasteiger partial charge in [0.2, 0.25) is 8.32 Å². The highest BCUT2D eigenvalue weighted by Gasteiger charge is 2.35. The minimum Gasteiger partial charge on any atom is -0.426 e. The predicted molar refractivity (Wildman–Crippen MR) is 74.9 cm³/mol. The van der Waals surface area contributed by atoms with Gasteiger partial charge < -0.3 is 8.61 Å². The molecule has 0 aromatic heterocycles. The van der Waals surface area contributed by atoms with Gasteiger partial charge >= 0.3 is 5.97 Å². The largest absolute Gasteiger partial charge is 0.426 e. The molecule has 0 saturated carbocycles. The lowest BCUT2D eigenvalue weighted by Crippen LogP contribution is -2.39. The van der Waals surface area contributed by atoms with Crippen molar-refractivity contribution >= 4 is 24.4 Å². The summed E-state index contributed by atoms with van der Waals surface area (Å²) in [6.45, 7) is 6.47. The summed E-state index contributed by atoms with van der Waals surface area (Å²) in [5.74, 6) is -0.535. The third kappa shape index (κ3) is 5.13. The lowest BCUT2D eigenvalue weighted by atomic mass is 10.3. The van der Waals surface area contributed by atoms with E-state index in [0.29, 0.717) is 5.75 Å². The molecule has 1 aromatic carbocycles. The van der Waals surface area contributed by atoms with Crippen LogP contribution in [0.1, 0.15) is 6.92 Å². The lowest BCUT2D eigenvalue weighted by molar-refractivity contribution is -0.133. The Morgan fingerprint density at radius 2 is 1.68 bits per heavy atom. The zero-order chi connectivity index (χ0) is 14.7. The number of benzene rings is 1. The Morgan fingerprint density at radius 1 is 1.16 bits per heavy atom. The Hall–Kier alpha value is -1.18. The van der Waals surface area contributed by atoms with Crippen LogP contribution in [0.2, 0.25) is 19.6 Å². The van der Waals surface area contributed by atoms with Crippen LogP contribution in [0.4, 0.5) is 0 Å². The molecule has 0 amide bonds. The van der Waals surface area contributed by atoms with Crippen LogP contribution in [0, 0.1) is 0 Å². The summed E-state index contributed by atoms with van der Waals surface area (Å²) in [4.78, 5) is 11.8. The van der Waals surface area contributed by atoms with E-state index in [1.54, 1.807) is 50.0 Å². The van der Waals surface area contributed by atoms with E-state index in [9.17, 15) is 13.2 Å². The number of ether oxygens (including phenoxy) is 1. The van der Waals surface area contributed by atoms with Crippen LogP contribution in [0.3, 0.4) is 0 Å². The van der Waals surface area contributed by atoms with Gasteiger partial charge in [-0.25, -0.2) is 0 Å². The van der Waals surface area contributed by atoms with Gasteiger partial charge in [0.15, 0.2) is 5.25 Å². The van der Waals surface area contributed by atoms with Crippen molar-refractivity contribution in [1.82, 2.24) is 0 Å². The quantitative estimate of drug-likeness (QED) is 0.473. The highest BCUT2D eigenvalue weighted by atomic mass is 32.2. The zero-order valence-electron chi connectivity index (χ0n) is 11.4. The molecule has 1 atom stereocenters. The zero-order valence-corrected chi connectivity index (χ0v) is 13.2. The number of para-hydroxylation sites is 1. The molecular formula is C12H18O5SSi. The number of rotatable bonds is 5. The lowest BCUT2D eigenvalue weighted by Gasteiger charge is -2.19. The molecular weight excluding hydrogens is 284 g/mol. The van der Waals surface area contributed by atoms with Crippen LogP contribution in [0.25, 0.3) is 0 Å². The van der Waals surface area contributed by atoms with E-state index in [-0.39, 0.29) is 0 Å². The van der Waals surface area contributed by atoms with Crippen LogP contribution in [0.15, 0.2) is 30.3 Å². The summed E-state index contributed by atoms with van der Waals surface area (Å²) in [7, 11) is -6.24. The first-order chi connectivity index (χ1) is 8.62. The van der Waals surface area contributed by atoms with E-state index >= 15 is 0 Å². The van der Waals surface area contributed by atoms with Crippen LogP contribution >= 0.6 is 0 Å². The maximum absolute atomic E-state index is 11.9. The molecule has 5 nitrogen and oxygen atoms in total. The molecule has 0 bridgehead atoms. The molecule has 0 aliphatic carbocycles. The SMILES string of the molecule is CC(C(=O)Oc1ccccc1)S(=O)(=O)O[Si](C)(C)C. The Bertz CT molecular complexity index is 533. The fourth-order valence-electron chi connectivity index (χ4n) is 1.23. The van der Waals surface area contributed by atoms with Crippen LogP contribution in [-0.4, -0.2) is 28.0 Å². The number of hydrogen-bond donors (Lipinski definition) is 0. The Balaban J connectivity index is 2.77. The molecule has 0 aliphatic rings. The first kappa shape index (κ1) is 15.9. The summed E-state index contributed by atoms with van der Waals surface area (Å²) in [6.07, 6.45) is 0. The van der Waals surface area contributed by atoms with Crippen molar-refractivity contribution in [1.29, 1.82) is 0 Å². The van der Waals surface area contributed by atoms with Gasteiger partial charge in [-0.1, -0.05) is 18.2 Å². The summed E-state index contributed by atoms with van der Waals surface area (Å²) in [5.41, 5.74) is 0. The minimum atomic E-state index is -3.95. The van der Waals surface area contributed by atoms with Gasteiger partial charge in [0, 0.05) is 0 Å². The fraction of sp³-hybridized carbons (Fsp3) is 0.417. The van der Waals surface area contributed by atoms with Gasteiger partial charge in [0.25, 0.3) is 10.1 Å². The first-order valence-electron chi connectivity index (χ1n) is 5.83. The van der Waals surface area contributed by atoms with E-state index < -0.39 is 29.7 Å². The van der Waals surface area contributed by atoms with Crippen molar-refractivity contribution in [3.63, 3.8) is 0 Å². The van der Waals surface area contributed by atoms with Crippen molar-refractivity contribution in [3.05, 3.63) is 30.3 Å². The Morgan fingerprint density at radius 3 is 2.16 bits per heavy atom. The molecule has 1 unspecified atom stereocenters. The van der Waals surface area contributed by atoms with Crippen molar-refractivity contribution in [3.8, 4) is 5.75 Å². The van der Waals surface area contributed by atoms with Gasteiger partial charge in [0.1, 0.15) is 5.75 Å². The van der Waals surface area contributed by atoms with E-state index in [2.05, 4.69) is 0 Å². The first-order valence-corrected chi connectivity index (χ1v) is 10.7. The standard InChI is InChI=1S/C12H18O5SSi/c1-10(18(14,15)17-19(2,3)4)12(13)16-11-8-6-5-7-9-11/h5-10H,1-4H3. The highest BCUT2D eigenvalue weighted by molar-refractivity contribution is 7.89. The molecule has 0 saturated heterocycles. The van der Waals surface area contributed by atoms with Crippen LogP contribution < -0.4 is 4.74 Å². The van der Waals surface area contributed by atoms with E-state index in [1.165, 1.54) is 6.92 Å². The minimum absolute atomic E-state index is 0.308. The molecule has 0 heterocycles. The Labute approximate surface area is 114 Å². The van der Waals surface area contributed by atoms with Crippen LogP contribution in [0.5, 0.6) is 5.75 Å². The maximum atomic E-state index is 11.9. The molecule has 0 N–H and O–H groups in total. The van der Waals surface area contributed by atoms with E-state index in [1.807, 2.05) is 0 Å². The van der Waals surface area contributed by atoms with E-state index in [4.69, 9.17) is 8.61 Å². The normalized spacial score (nSPS) is 13.9. The maximum Gasteiger partial charge on any atom is 0.331 e. The van der Waals surface area contributed by atoms with Crippen molar-refractivity contribution < 1.29 is 21.8 Å². The highest BCUT2D eigenvalue weighted by Crippen LogP contribution is 2.16. The average Bonchev–Trinajstić information content (AvgIpc) is 2.26. The average molecular weight is 302 g/mol. The smallest absolute Gasteiger partial charge is 0.331 e. The third-order valence-electron chi connectivity index (χ3n) is 2.09. The Kier molecular flexibility index (Phi) is 4.89. The molecule has 106 valence electrons. The summed E-state index contributed by atoms with van der Waals surface area (Å²) in [5, 5.41) is -1.35. The molecule has 1 aromatic rings. The molecule has 7 heteroatoms. The summed E-state index contributed by atoms with van der Waals surface area (Å²) >= 11 is 0. The second kappa shape index (κ2) is 5.85. The number of hydrogen-bond acceptors (Lipinski definition) is 5. The molecule has 0 fully saturated rings.